The lowest BCUT2D eigenvalue weighted by Crippen LogP contribution is -2.54. The minimum absolute atomic E-state index is 0.0297. The lowest BCUT2D eigenvalue weighted by Gasteiger charge is -2.26. The van der Waals surface area contributed by atoms with Crippen LogP contribution in [-0.2, 0) is 9.59 Å². The Bertz CT molecular complexity index is 968. The maximum Gasteiger partial charge on any atom is 0.335 e. The van der Waals surface area contributed by atoms with Gasteiger partial charge in [-0.05, 0) is 82.4 Å². The zero-order chi connectivity index (χ0) is 19.0. The van der Waals surface area contributed by atoms with E-state index in [4.69, 9.17) is 0 Å². The van der Waals surface area contributed by atoms with E-state index in [9.17, 15) is 19.5 Å². The van der Waals surface area contributed by atoms with Crippen molar-refractivity contribution < 1.29 is 19.5 Å². The van der Waals surface area contributed by atoms with Crippen molar-refractivity contribution in [1.29, 1.82) is 0 Å². The smallest absolute Gasteiger partial charge is 0.335 e. The van der Waals surface area contributed by atoms with Crippen LogP contribution in [0.2, 0.25) is 0 Å². The van der Waals surface area contributed by atoms with Gasteiger partial charge in [0.2, 0.25) is 0 Å². The SMILES string of the molecule is Cc1ccc(N2C(=O)NC(=O)/C(=C\c3cc(I)cc(I)c3O)C2=O)cc1. The number of rotatable bonds is 2. The van der Waals surface area contributed by atoms with Gasteiger partial charge in [-0.15, -0.1) is 0 Å². The van der Waals surface area contributed by atoms with Gasteiger partial charge in [0.1, 0.15) is 11.3 Å². The lowest BCUT2D eigenvalue weighted by molar-refractivity contribution is -0.122. The fraction of sp³-hybridized carbons (Fsp3) is 0.0556. The Morgan fingerprint density at radius 3 is 2.38 bits per heavy atom. The number of hydrogen-bond donors (Lipinski definition) is 2. The van der Waals surface area contributed by atoms with E-state index in [2.05, 4.69) is 27.9 Å². The molecule has 0 aliphatic carbocycles. The molecule has 0 radical (unpaired) electrons. The van der Waals surface area contributed by atoms with E-state index in [0.29, 0.717) is 14.8 Å². The number of benzene rings is 2. The standard InChI is InChI=1S/C18H12I2N2O4/c1-9-2-4-12(5-3-9)22-17(25)13(16(24)21-18(22)26)7-10-6-11(19)8-14(20)15(10)23/h2-8,23H,1H3,(H,21,24,26)/b13-7+. The minimum Gasteiger partial charge on any atom is -0.506 e. The van der Waals surface area contributed by atoms with Crippen LogP contribution in [0, 0.1) is 14.1 Å². The summed E-state index contributed by atoms with van der Waals surface area (Å²) in [7, 11) is 0. The Hall–Kier alpha value is -1.95. The van der Waals surface area contributed by atoms with Gasteiger partial charge in [0.15, 0.2) is 0 Å². The number of anilines is 1. The molecule has 6 nitrogen and oxygen atoms in total. The number of halogens is 2. The molecular formula is C18H12I2N2O4. The van der Waals surface area contributed by atoms with E-state index in [1.165, 1.54) is 6.08 Å². The summed E-state index contributed by atoms with van der Waals surface area (Å²) < 4.78 is 1.43. The van der Waals surface area contributed by atoms with Gasteiger partial charge in [0.05, 0.1) is 9.26 Å². The first-order valence-corrected chi connectivity index (χ1v) is 9.60. The second-order valence-corrected chi connectivity index (χ2v) is 8.03. The first-order chi connectivity index (χ1) is 12.3. The van der Waals surface area contributed by atoms with E-state index in [1.807, 2.05) is 29.5 Å². The molecule has 0 bridgehead atoms. The Labute approximate surface area is 176 Å². The number of hydrogen-bond acceptors (Lipinski definition) is 4. The molecule has 1 heterocycles. The third-order valence-electron chi connectivity index (χ3n) is 3.75. The highest BCUT2D eigenvalue weighted by Gasteiger charge is 2.36. The maximum absolute atomic E-state index is 12.8. The number of aromatic hydroxyl groups is 1. The number of barbiturate groups is 1. The number of amides is 4. The van der Waals surface area contributed by atoms with E-state index < -0.39 is 17.8 Å². The zero-order valence-corrected chi connectivity index (χ0v) is 17.7. The fourth-order valence-electron chi connectivity index (χ4n) is 2.44. The summed E-state index contributed by atoms with van der Waals surface area (Å²) in [6, 6.07) is 9.41. The van der Waals surface area contributed by atoms with E-state index >= 15 is 0 Å². The average Bonchev–Trinajstić information content (AvgIpc) is 2.57. The van der Waals surface area contributed by atoms with Crippen molar-refractivity contribution in [3.8, 4) is 5.75 Å². The maximum atomic E-state index is 12.8. The summed E-state index contributed by atoms with van der Waals surface area (Å²) in [6.45, 7) is 1.89. The third-order valence-corrected chi connectivity index (χ3v) is 5.20. The highest BCUT2D eigenvalue weighted by atomic mass is 127. The largest absolute Gasteiger partial charge is 0.506 e. The summed E-state index contributed by atoms with van der Waals surface area (Å²) >= 11 is 4.04. The van der Waals surface area contributed by atoms with Gasteiger partial charge in [0.25, 0.3) is 11.8 Å². The molecule has 26 heavy (non-hydrogen) atoms. The van der Waals surface area contributed by atoms with Gasteiger partial charge < -0.3 is 5.11 Å². The predicted octanol–water partition coefficient (Wildman–Crippen LogP) is 3.58. The first-order valence-electron chi connectivity index (χ1n) is 7.44. The second-order valence-electron chi connectivity index (χ2n) is 5.62. The van der Waals surface area contributed by atoms with Gasteiger partial charge in [-0.3, -0.25) is 14.9 Å². The van der Waals surface area contributed by atoms with E-state index in [-0.39, 0.29) is 11.3 Å². The van der Waals surface area contributed by atoms with Crippen molar-refractivity contribution in [3.63, 3.8) is 0 Å². The second kappa shape index (κ2) is 7.35. The first kappa shape index (κ1) is 18.8. The van der Waals surface area contributed by atoms with Crippen LogP contribution in [-0.4, -0.2) is 23.0 Å². The van der Waals surface area contributed by atoms with Crippen LogP contribution in [0.15, 0.2) is 42.0 Å². The number of imide groups is 2. The van der Waals surface area contributed by atoms with E-state index in [1.54, 1.807) is 36.4 Å². The molecule has 1 saturated heterocycles. The van der Waals surface area contributed by atoms with Crippen LogP contribution in [0.1, 0.15) is 11.1 Å². The number of carbonyl (C=O) groups is 3. The highest BCUT2D eigenvalue weighted by molar-refractivity contribution is 14.1. The van der Waals surface area contributed by atoms with Crippen molar-refractivity contribution in [2.75, 3.05) is 4.90 Å². The summed E-state index contributed by atoms with van der Waals surface area (Å²) in [6.07, 6.45) is 1.30. The third kappa shape index (κ3) is 3.61. The molecule has 1 fully saturated rings. The van der Waals surface area contributed by atoms with Crippen molar-refractivity contribution in [3.05, 3.63) is 60.2 Å². The van der Waals surface area contributed by atoms with Crippen molar-refractivity contribution in [2.45, 2.75) is 6.92 Å². The molecule has 4 amide bonds. The van der Waals surface area contributed by atoms with Gasteiger partial charge in [-0.1, -0.05) is 17.7 Å². The fourth-order valence-corrected chi connectivity index (χ4v) is 4.33. The summed E-state index contributed by atoms with van der Waals surface area (Å²) in [4.78, 5) is 38.1. The molecule has 0 unspecified atom stereocenters. The number of nitrogens with zero attached hydrogens (tertiary/aromatic N) is 1. The van der Waals surface area contributed by atoms with Gasteiger partial charge in [-0.2, -0.15) is 0 Å². The molecule has 2 N–H and O–H groups in total. The Balaban J connectivity index is 2.07. The molecule has 8 heteroatoms. The van der Waals surface area contributed by atoms with Crippen LogP contribution >= 0.6 is 45.2 Å². The molecule has 0 aromatic heterocycles. The van der Waals surface area contributed by atoms with Crippen LogP contribution in [0.3, 0.4) is 0 Å². The molecular weight excluding hydrogens is 562 g/mol. The Morgan fingerprint density at radius 2 is 1.73 bits per heavy atom. The summed E-state index contributed by atoms with van der Waals surface area (Å²) in [5.74, 6) is -1.56. The molecule has 132 valence electrons. The van der Waals surface area contributed by atoms with Crippen molar-refractivity contribution >= 4 is 74.8 Å². The lowest BCUT2D eigenvalue weighted by atomic mass is 10.1. The van der Waals surface area contributed by atoms with Crippen LogP contribution in [0.25, 0.3) is 6.08 Å². The molecule has 3 rings (SSSR count). The van der Waals surface area contributed by atoms with Crippen LogP contribution in [0.4, 0.5) is 10.5 Å². The van der Waals surface area contributed by atoms with Crippen molar-refractivity contribution in [1.82, 2.24) is 5.32 Å². The molecule has 1 aliphatic heterocycles. The molecule has 1 aliphatic rings. The zero-order valence-electron chi connectivity index (χ0n) is 13.4. The Kier molecular flexibility index (Phi) is 5.32. The van der Waals surface area contributed by atoms with Gasteiger partial charge >= 0.3 is 6.03 Å². The van der Waals surface area contributed by atoms with Crippen LogP contribution in [0.5, 0.6) is 5.75 Å². The molecule has 0 atom stereocenters. The minimum atomic E-state index is -0.803. The summed E-state index contributed by atoms with van der Waals surface area (Å²) in [5, 5.41) is 12.4. The topological polar surface area (TPSA) is 86.7 Å². The predicted molar refractivity (Wildman–Crippen MR) is 114 cm³/mol. The number of aryl methyl sites for hydroxylation is 1. The van der Waals surface area contributed by atoms with Gasteiger partial charge in [-0.25, -0.2) is 9.69 Å². The van der Waals surface area contributed by atoms with Crippen LogP contribution < -0.4 is 10.2 Å². The van der Waals surface area contributed by atoms with Gasteiger partial charge in [0, 0.05) is 9.13 Å². The van der Waals surface area contributed by atoms with E-state index in [0.717, 1.165) is 14.0 Å². The number of phenolic OH excluding ortho intramolecular Hbond substituents is 1. The molecule has 0 saturated carbocycles. The summed E-state index contributed by atoms with van der Waals surface area (Å²) in [5.41, 5.74) is 1.44. The number of nitrogens with one attached hydrogen (secondary N) is 1. The Morgan fingerprint density at radius 1 is 1.08 bits per heavy atom. The molecule has 2 aromatic rings. The monoisotopic (exact) mass is 574 g/mol. The number of urea groups is 1. The average molecular weight is 574 g/mol. The normalized spacial score (nSPS) is 16.2. The number of phenols is 1. The highest BCUT2D eigenvalue weighted by Crippen LogP contribution is 2.30. The number of carbonyl (C=O) groups excluding carboxylic acids is 3. The molecule has 2 aromatic carbocycles. The quantitative estimate of drug-likeness (QED) is 0.327. The molecule has 0 spiro atoms. The van der Waals surface area contributed by atoms with Crippen molar-refractivity contribution in [2.24, 2.45) is 0 Å².